The number of carboxylic acids is 1. The van der Waals surface area contributed by atoms with Crippen molar-refractivity contribution in [3.63, 3.8) is 0 Å². The lowest BCUT2D eigenvalue weighted by Crippen LogP contribution is -1.93. The summed E-state index contributed by atoms with van der Waals surface area (Å²) in [6, 6.07) is 7.77. The Morgan fingerprint density at radius 2 is 1.81 bits per heavy atom. The second-order valence-corrected chi connectivity index (χ2v) is 5.20. The highest BCUT2D eigenvalue weighted by Gasteiger charge is 2.01. The molecule has 0 saturated carbocycles. The number of nitrogens with zero attached hydrogens (tertiary/aromatic N) is 1. The average Bonchev–Trinajstić information content (AvgIpc) is 2.75. The molecule has 1 heterocycles. The van der Waals surface area contributed by atoms with E-state index >= 15 is 0 Å². The molecule has 21 heavy (non-hydrogen) atoms. The van der Waals surface area contributed by atoms with Gasteiger partial charge >= 0.3 is 5.97 Å². The van der Waals surface area contributed by atoms with Crippen LogP contribution in [0.15, 0.2) is 30.5 Å². The molecule has 0 saturated heterocycles. The van der Waals surface area contributed by atoms with E-state index in [0.717, 1.165) is 23.7 Å². The molecule has 2 rings (SSSR count). The largest absolute Gasteiger partial charge is 0.506 e. The third kappa shape index (κ3) is 5.90. The van der Waals surface area contributed by atoms with Crippen molar-refractivity contribution in [3.8, 4) is 5.75 Å². The van der Waals surface area contributed by atoms with Crippen LogP contribution in [0, 0.1) is 0 Å². The maximum Gasteiger partial charge on any atom is 0.303 e. The van der Waals surface area contributed by atoms with Crippen molar-refractivity contribution in [3.05, 3.63) is 30.5 Å². The van der Waals surface area contributed by atoms with Crippen LogP contribution < -0.4 is 0 Å². The second kappa shape index (κ2) is 9.06. The summed E-state index contributed by atoms with van der Waals surface area (Å²) >= 11 is 0. The summed E-state index contributed by atoms with van der Waals surface area (Å²) in [5, 5.41) is 18.6. The number of benzene rings is 1. The highest BCUT2D eigenvalue weighted by molar-refractivity contribution is 5.86. The van der Waals surface area contributed by atoms with Gasteiger partial charge in [-0.1, -0.05) is 44.7 Å². The highest BCUT2D eigenvalue weighted by atomic mass is 16.4. The van der Waals surface area contributed by atoms with Crippen molar-refractivity contribution >= 4 is 16.9 Å². The number of aromatic nitrogens is 1. The Hall–Kier alpha value is -1.97. The SMILES string of the molecule is CCCCCCCC(=O)O.Cn1cc(O)c2ccccc21. The van der Waals surface area contributed by atoms with Gasteiger partial charge in [-0.15, -0.1) is 0 Å². The minimum absolute atomic E-state index is 0.337. The first-order valence-electron chi connectivity index (χ1n) is 7.51. The van der Waals surface area contributed by atoms with Crippen LogP contribution in [0.2, 0.25) is 0 Å². The molecule has 0 atom stereocenters. The molecule has 4 heteroatoms. The quantitative estimate of drug-likeness (QED) is 0.779. The number of carboxylic acid groups (broad SMARTS) is 1. The van der Waals surface area contributed by atoms with Crippen LogP contribution in [0.1, 0.15) is 45.4 Å². The van der Waals surface area contributed by atoms with Crippen LogP contribution in [0.4, 0.5) is 0 Å². The molecule has 116 valence electrons. The molecule has 0 spiro atoms. The summed E-state index contributed by atoms with van der Waals surface area (Å²) in [4.78, 5) is 10.0. The molecule has 1 aromatic heterocycles. The number of unbranched alkanes of at least 4 members (excludes halogenated alkanes) is 4. The number of para-hydroxylation sites is 1. The van der Waals surface area contributed by atoms with Crippen LogP contribution in [-0.2, 0) is 11.8 Å². The first-order chi connectivity index (χ1) is 10.1. The van der Waals surface area contributed by atoms with Crippen LogP contribution in [0.5, 0.6) is 5.75 Å². The molecular weight excluding hydrogens is 266 g/mol. The van der Waals surface area contributed by atoms with Gasteiger partial charge in [0.2, 0.25) is 0 Å². The molecule has 1 aromatic carbocycles. The molecule has 2 aromatic rings. The lowest BCUT2D eigenvalue weighted by molar-refractivity contribution is -0.137. The molecule has 0 aliphatic rings. The third-order valence-corrected chi connectivity index (χ3v) is 3.37. The zero-order valence-electron chi connectivity index (χ0n) is 12.9. The summed E-state index contributed by atoms with van der Waals surface area (Å²) in [6.45, 7) is 2.15. The van der Waals surface area contributed by atoms with Gasteiger partial charge in [0, 0.05) is 25.1 Å². The first kappa shape index (κ1) is 17.1. The molecule has 0 fully saturated rings. The van der Waals surface area contributed by atoms with Crippen LogP contribution >= 0.6 is 0 Å². The maximum atomic E-state index is 10.0. The fraction of sp³-hybridized carbons (Fsp3) is 0.471. The van der Waals surface area contributed by atoms with E-state index in [0.29, 0.717) is 12.2 Å². The lowest BCUT2D eigenvalue weighted by atomic mass is 10.1. The van der Waals surface area contributed by atoms with Gasteiger partial charge in [-0.3, -0.25) is 4.79 Å². The summed E-state index contributed by atoms with van der Waals surface area (Å²) in [6.07, 6.45) is 7.60. The van der Waals surface area contributed by atoms with Gasteiger partial charge in [-0.25, -0.2) is 0 Å². The lowest BCUT2D eigenvalue weighted by Gasteiger charge is -1.95. The molecule has 0 aliphatic heterocycles. The minimum atomic E-state index is -0.670. The van der Waals surface area contributed by atoms with E-state index in [1.807, 2.05) is 35.9 Å². The molecule has 2 N–H and O–H groups in total. The number of hydrogen-bond donors (Lipinski definition) is 2. The van der Waals surface area contributed by atoms with Crippen molar-refractivity contribution in [2.45, 2.75) is 45.4 Å². The number of aromatic hydroxyl groups is 1. The summed E-state index contributed by atoms with van der Waals surface area (Å²) in [5.41, 5.74) is 1.06. The van der Waals surface area contributed by atoms with Gasteiger partial charge in [0.25, 0.3) is 0 Å². The second-order valence-electron chi connectivity index (χ2n) is 5.20. The van der Waals surface area contributed by atoms with E-state index < -0.39 is 5.97 Å². The van der Waals surface area contributed by atoms with Gasteiger partial charge < -0.3 is 14.8 Å². The topological polar surface area (TPSA) is 62.5 Å². The van der Waals surface area contributed by atoms with Crippen LogP contribution in [0.3, 0.4) is 0 Å². The van der Waals surface area contributed by atoms with Crippen molar-refractivity contribution in [1.82, 2.24) is 4.57 Å². The fourth-order valence-corrected chi connectivity index (χ4v) is 2.20. The average molecular weight is 291 g/mol. The Kier molecular flexibility index (Phi) is 7.37. The highest BCUT2D eigenvalue weighted by Crippen LogP contribution is 2.24. The smallest absolute Gasteiger partial charge is 0.303 e. The van der Waals surface area contributed by atoms with E-state index in [2.05, 4.69) is 6.92 Å². The molecular formula is C17H25NO3. The van der Waals surface area contributed by atoms with Crippen molar-refractivity contribution in [2.24, 2.45) is 7.05 Å². The number of hydrogen-bond acceptors (Lipinski definition) is 2. The van der Waals surface area contributed by atoms with Crippen molar-refractivity contribution < 1.29 is 15.0 Å². The Morgan fingerprint density at radius 1 is 1.14 bits per heavy atom. The monoisotopic (exact) mass is 291 g/mol. The number of aliphatic carboxylic acids is 1. The van der Waals surface area contributed by atoms with Crippen molar-refractivity contribution in [1.29, 1.82) is 0 Å². The van der Waals surface area contributed by atoms with Gasteiger partial charge in [-0.05, 0) is 18.6 Å². The summed E-state index contributed by atoms with van der Waals surface area (Å²) in [5.74, 6) is -0.320. The number of fused-ring (bicyclic) bond motifs is 1. The Balaban J connectivity index is 0.000000212. The van der Waals surface area contributed by atoms with Crippen LogP contribution in [0.25, 0.3) is 10.9 Å². The zero-order chi connectivity index (χ0) is 15.7. The maximum absolute atomic E-state index is 10.0. The minimum Gasteiger partial charge on any atom is -0.506 e. The number of rotatable bonds is 6. The molecule has 0 radical (unpaired) electrons. The molecule has 4 nitrogen and oxygen atoms in total. The summed E-state index contributed by atoms with van der Waals surface area (Å²) in [7, 11) is 1.92. The Morgan fingerprint density at radius 3 is 2.43 bits per heavy atom. The van der Waals surface area contributed by atoms with Gasteiger partial charge in [0.15, 0.2) is 0 Å². The standard InChI is InChI=1S/C9H9NO.C8H16O2/c1-10-6-9(11)7-4-2-3-5-8(7)10;1-2-3-4-5-6-7-8(9)10/h2-6,11H,1H3;2-7H2,1H3,(H,9,10). The van der Waals surface area contributed by atoms with E-state index in [1.165, 1.54) is 19.3 Å². The van der Waals surface area contributed by atoms with Crippen LogP contribution in [-0.4, -0.2) is 20.7 Å². The Bertz CT molecular complexity index is 524. The van der Waals surface area contributed by atoms with E-state index in [1.54, 1.807) is 6.20 Å². The molecule has 0 bridgehead atoms. The third-order valence-electron chi connectivity index (χ3n) is 3.37. The molecule has 0 unspecified atom stereocenters. The predicted molar refractivity (Wildman–Crippen MR) is 85.6 cm³/mol. The number of carbonyl (C=O) groups is 1. The van der Waals surface area contributed by atoms with Crippen molar-refractivity contribution in [2.75, 3.05) is 0 Å². The Labute approximate surface area is 126 Å². The van der Waals surface area contributed by atoms with Gasteiger partial charge in [-0.2, -0.15) is 0 Å². The molecule has 0 amide bonds. The van der Waals surface area contributed by atoms with E-state index in [9.17, 15) is 9.90 Å². The normalized spacial score (nSPS) is 10.2. The van der Waals surface area contributed by atoms with Gasteiger partial charge in [0.1, 0.15) is 5.75 Å². The predicted octanol–water partition coefficient (Wildman–Crippen LogP) is 4.32. The van der Waals surface area contributed by atoms with E-state index in [-0.39, 0.29) is 0 Å². The summed E-state index contributed by atoms with van der Waals surface area (Å²) < 4.78 is 1.91. The fourth-order valence-electron chi connectivity index (χ4n) is 2.20. The van der Waals surface area contributed by atoms with E-state index in [4.69, 9.17) is 5.11 Å². The number of aryl methyl sites for hydroxylation is 1. The molecule has 0 aliphatic carbocycles. The first-order valence-corrected chi connectivity index (χ1v) is 7.51. The van der Waals surface area contributed by atoms with Gasteiger partial charge in [0.05, 0.1) is 5.52 Å². The zero-order valence-corrected chi connectivity index (χ0v) is 12.9.